The first kappa shape index (κ1) is 18.8. The van der Waals surface area contributed by atoms with E-state index in [0.717, 1.165) is 11.1 Å². The Balaban J connectivity index is 2.47. The molecule has 0 amide bonds. The van der Waals surface area contributed by atoms with Crippen molar-refractivity contribution in [1.82, 2.24) is 0 Å². The van der Waals surface area contributed by atoms with Gasteiger partial charge in [0, 0.05) is 5.56 Å². The molecule has 0 atom stereocenters. The number of para-hydroxylation sites is 1. The van der Waals surface area contributed by atoms with Crippen molar-refractivity contribution in [1.29, 1.82) is 0 Å². The Morgan fingerprint density at radius 3 is 2.40 bits per heavy atom. The summed E-state index contributed by atoms with van der Waals surface area (Å²) >= 11 is 0. The van der Waals surface area contributed by atoms with Gasteiger partial charge in [-0.05, 0) is 50.6 Å². The van der Waals surface area contributed by atoms with Crippen LogP contribution in [0.25, 0.3) is 5.76 Å². The van der Waals surface area contributed by atoms with Gasteiger partial charge in [-0.15, -0.1) is 0 Å². The van der Waals surface area contributed by atoms with Gasteiger partial charge in [-0.25, -0.2) is 8.42 Å². The molecule has 0 aliphatic heterocycles. The monoisotopic (exact) mass is 357 g/mol. The lowest BCUT2D eigenvalue weighted by molar-refractivity contribution is 0.296. The molecular weight excluding hydrogens is 334 g/mol. The summed E-state index contributed by atoms with van der Waals surface area (Å²) in [7, 11) is -3.69. The smallest absolute Gasteiger partial charge is 0.261 e. The number of sulfonamides is 1. The van der Waals surface area contributed by atoms with Crippen molar-refractivity contribution in [3.63, 3.8) is 0 Å². The molecule has 0 saturated carbocycles. The zero-order valence-electron chi connectivity index (χ0n) is 14.7. The van der Waals surface area contributed by atoms with E-state index < -0.39 is 10.0 Å². The van der Waals surface area contributed by atoms with Crippen LogP contribution in [-0.4, -0.2) is 15.0 Å². The molecule has 0 aromatic heterocycles. The predicted octanol–water partition coefficient (Wildman–Crippen LogP) is 4.75. The van der Waals surface area contributed by atoms with E-state index in [1.807, 2.05) is 32.9 Å². The molecule has 0 aliphatic carbocycles. The molecule has 0 bridgehead atoms. The van der Waals surface area contributed by atoms with Gasteiger partial charge in [-0.1, -0.05) is 42.5 Å². The largest absolute Gasteiger partial charge is 0.493 e. The Morgan fingerprint density at radius 2 is 1.80 bits per heavy atom. The second-order valence-corrected chi connectivity index (χ2v) is 7.30. The van der Waals surface area contributed by atoms with Gasteiger partial charge in [-0.3, -0.25) is 4.72 Å². The Morgan fingerprint density at radius 1 is 1.16 bits per heavy atom. The summed E-state index contributed by atoms with van der Waals surface area (Å²) in [4.78, 5) is 0.218. The van der Waals surface area contributed by atoms with Gasteiger partial charge in [0.25, 0.3) is 10.0 Å². The summed E-state index contributed by atoms with van der Waals surface area (Å²) in [6.45, 7) is 9.92. The van der Waals surface area contributed by atoms with E-state index in [-0.39, 0.29) is 4.90 Å². The summed E-state index contributed by atoms with van der Waals surface area (Å²) in [6, 6.07) is 13.9. The molecule has 1 N–H and O–H groups in total. The summed E-state index contributed by atoms with van der Waals surface area (Å²) < 4.78 is 33.8. The normalized spacial score (nSPS) is 12.3. The molecule has 2 rings (SSSR count). The van der Waals surface area contributed by atoms with E-state index in [1.54, 1.807) is 42.5 Å². The van der Waals surface area contributed by atoms with E-state index in [4.69, 9.17) is 4.74 Å². The number of nitrogens with one attached hydrogen (secondary N) is 1. The molecule has 0 fully saturated rings. The average molecular weight is 357 g/mol. The number of anilines is 1. The quantitative estimate of drug-likeness (QED) is 0.575. The highest BCUT2D eigenvalue weighted by Crippen LogP contribution is 2.29. The van der Waals surface area contributed by atoms with Gasteiger partial charge in [0.05, 0.1) is 17.2 Å². The minimum atomic E-state index is -3.69. The second kappa shape index (κ2) is 8.03. The minimum Gasteiger partial charge on any atom is -0.493 e. The molecule has 0 aliphatic rings. The summed E-state index contributed by atoms with van der Waals surface area (Å²) in [5.41, 5.74) is 2.98. The summed E-state index contributed by atoms with van der Waals surface area (Å²) in [6.07, 6.45) is 1.69. The van der Waals surface area contributed by atoms with E-state index in [9.17, 15) is 8.42 Å². The molecule has 2 aromatic rings. The van der Waals surface area contributed by atoms with Crippen LogP contribution in [-0.2, 0) is 14.8 Å². The van der Waals surface area contributed by atoms with Gasteiger partial charge in [-0.2, -0.15) is 0 Å². The molecule has 25 heavy (non-hydrogen) atoms. The van der Waals surface area contributed by atoms with E-state index in [2.05, 4.69) is 11.3 Å². The number of benzene rings is 2. The van der Waals surface area contributed by atoms with E-state index in [0.29, 0.717) is 23.6 Å². The van der Waals surface area contributed by atoms with Crippen LogP contribution < -0.4 is 4.72 Å². The van der Waals surface area contributed by atoms with Crippen LogP contribution in [0.15, 0.2) is 71.7 Å². The van der Waals surface area contributed by atoms with Crippen molar-refractivity contribution in [2.75, 3.05) is 11.3 Å². The highest BCUT2D eigenvalue weighted by atomic mass is 32.2. The Hall–Kier alpha value is -2.53. The van der Waals surface area contributed by atoms with Crippen LogP contribution in [0, 0.1) is 6.92 Å². The zero-order chi connectivity index (χ0) is 18.4. The Kier molecular flexibility index (Phi) is 6.04. The summed E-state index contributed by atoms with van der Waals surface area (Å²) in [5, 5.41) is 0. The standard InChI is InChI=1S/C20H23NO3S/c1-5-16(4)20(24-6-2)18-9-7-8-10-19(18)21-25(22,23)17-13-11-15(3)12-14-17/h5,7-14,21H,1,6H2,2-4H3/b20-16+. The molecule has 4 nitrogen and oxygen atoms in total. The van der Waals surface area contributed by atoms with Crippen molar-refractivity contribution in [2.24, 2.45) is 0 Å². The van der Waals surface area contributed by atoms with Crippen LogP contribution in [0.4, 0.5) is 5.69 Å². The van der Waals surface area contributed by atoms with Crippen LogP contribution in [0.2, 0.25) is 0 Å². The van der Waals surface area contributed by atoms with Crippen LogP contribution in [0.1, 0.15) is 25.0 Å². The Labute approximate surface area is 149 Å². The SMILES string of the molecule is C=C/C(C)=C(/OCC)c1ccccc1NS(=O)(=O)c1ccc(C)cc1. The number of rotatable bonds is 7. The second-order valence-electron chi connectivity index (χ2n) is 5.61. The summed E-state index contributed by atoms with van der Waals surface area (Å²) in [5.74, 6) is 0.611. The molecular formula is C20H23NO3S. The molecule has 0 radical (unpaired) electrons. The lowest BCUT2D eigenvalue weighted by Crippen LogP contribution is -2.14. The first-order chi connectivity index (χ1) is 11.9. The topological polar surface area (TPSA) is 55.4 Å². The van der Waals surface area contributed by atoms with Gasteiger partial charge in [0.1, 0.15) is 5.76 Å². The average Bonchev–Trinajstić information content (AvgIpc) is 2.60. The first-order valence-electron chi connectivity index (χ1n) is 8.04. The third kappa shape index (κ3) is 4.51. The fourth-order valence-corrected chi connectivity index (χ4v) is 3.41. The van der Waals surface area contributed by atoms with Gasteiger partial charge in [0.15, 0.2) is 0 Å². The highest BCUT2D eigenvalue weighted by molar-refractivity contribution is 7.92. The van der Waals surface area contributed by atoms with Crippen molar-refractivity contribution < 1.29 is 13.2 Å². The van der Waals surface area contributed by atoms with Crippen molar-refractivity contribution in [3.05, 3.63) is 77.9 Å². The minimum absolute atomic E-state index is 0.218. The Bertz CT molecular complexity index is 881. The van der Waals surface area contributed by atoms with Crippen molar-refractivity contribution >= 4 is 21.5 Å². The lowest BCUT2D eigenvalue weighted by atomic mass is 10.1. The maximum atomic E-state index is 12.7. The molecule has 132 valence electrons. The van der Waals surface area contributed by atoms with E-state index >= 15 is 0 Å². The third-order valence-electron chi connectivity index (χ3n) is 3.70. The van der Waals surface area contributed by atoms with Crippen molar-refractivity contribution in [3.8, 4) is 0 Å². The number of hydrogen-bond acceptors (Lipinski definition) is 3. The fourth-order valence-electron chi connectivity index (χ4n) is 2.33. The molecule has 0 unspecified atom stereocenters. The fraction of sp³-hybridized carbons (Fsp3) is 0.200. The zero-order valence-corrected chi connectivity index (χ0v) is 15.6. The molecule has 5 heteroatoms. The predicted molar refractivity (Wildman–Crippen MR) is 103 cm³/mol. The van der Waals surface area contributed by atoms with Gasteiger partial charge in [0.2, 0.25) is 0 Å². The molecule has 0 saturated heterocycles. The van der Waals surface area contributed by atoms with Crippen LogP contribution in [0.3, 0.4) is 0 Å². The van der Waals surface area contributed by atoms with E-state index in [1.165, 1.54) is 0 Å². The van der Waals surface area contributed by atoms with Gasteiger partial charge < -0.3 is 4.74 Å². The number of ether oxygens (including phenoxy) is 1. The molecule has 0 heterocycles. The maximum Gasteiger partial charge on any atom is 0.261 e. The third-order valence-corrected chi connectivity index (χ3v) is 5.08. The first-order valence-corrected chi connectivity index (χ1v) is 9.52. The van der Waals surface area contributed by atoms with Gasteiger partial charge >= 0.3 is 0 Å². The maximum absolute atomic E-state index is 12.7. The number of hydrogen-bond donors (Lipinski definition) is 1. The highest BCUT2D eigenvalue weighted by Gasteiger charge is 2.18. The number of allylic oxidation sites excluding steroid dienone is 2. The number of aryl methyl sites for hydroxylation is 1. The van der Waals surface area contributed by atoms with Crippen LogP contribution >= 0.6 is 0 Å². The van der Waals surface area contributed by atoms with Crippen LogP contribution in [0.5, 0.6) is 0 Å². The van der Waals surface area contributed by atoms with Crippen molar-refractivity contribution in [2.45, 2.75) is 25.7 Å². The molecule has 2 aromatic carbocycles. The molecule has 0 spiro atoms. The lowest BCUT2D eigenvalue weighted by Gasteiger charge is -2.17.